The van der Waals surface area contributed by atoms with Crippen molar-refractivity contribution in [3.63, 3.8) is 0 Å². The zero-order valence-electron chi connectivity index (χ0n) is 18.1. The minimum absolute atomic E-state index is 0.00714. The smallest absolute Gasteiger partial charge is 0.359 e. The Balaban J connectivity index is 1.26. The molecule has 33 heavy (non-hydrogen) atoms. The minimum Gasteiger partial charge on any atom is -0.359 e. The topological polar surface area (TPSA) is 65.1 Å². The number of hydrogen-bond donors (Lipinski definition) is 1. The quantitative estimate of drug-likeness (QED) is 0.509. The number of rotatable bonds is 7. The van der Waals surface area contributed by atoms with Crippen molar-refractivity contribution >= 4 is 0 Å². The molecule has 1 N–H and O–H groups in total. The second kappa shape index (κ2) is 9.77. The van der Waals surface area contributed by atoms with Gasteiger partial charge in [-0.05, 0) is 24.5 Å². The summed E-state index contributed by atoms with van der Waals surface area (Å²) < 4.78 is 45.0. The fourth-order valence-corrected chi connectivity index (χ4v) is 4.31. The van der Waals surface area contributed by atoms with Gasteiger partial charge in [-0.15, -0.1) is 0 Å². The molecule has 0 atom stereocenters. The van der Waals surface area contributed by atoms with E-state index in [2.05, 4.69) is 21.4 Å². The Morgan fingerprint density at radius 2 is 1.76 bits per heavy atom. The molecule has 0 bridgehead atoms. The van der Waals surface area contributed by atoms with Crippen LogP contribution in [0.1, 0.15) is 29.7 Å². The lowest BCUT2D eigenvalue weighted by molar-refractivity contribution is -0.137. The normalized spacial score (nSPS) is 16.4. The van der Waals surface area contributed by atoms with Gasteiger partial charge >= 0.3 is 6.18 Å². The summed E-state index contributed by atoms with van der Waals surface area (Å²) in [7, 11) is 0. The van der Waals surface area contributed by atoms with E-state index in [1.807, 2.05) is 30.3 Å². The largest absolute Gasteiger partial charge is 0.417 e. The van der Waals surface area contributed by atoms with Gasteiger partial charge in [0, 0.05) is 37.8 Å². The molecule has 0 amide bonds. The van der Waals surface area contributed by atoms with Gasteiger partial charge in [0.15, 0.2) is 5.76 Å². The lowest BCUT2D eigenvalue weighted by Crippen LogP contribution is -2.44. The van der Waals surface area contributed by atoms with Crippen molar-refractivity contribution < 1.29 is 17.7 Å². The van der Waals surface area contributed by atoms with Crippen LogP contribution in [0.15, 0.2) is 65.2 Å². The highest BCUT2D eigenvalue weighted by molar-refractivity contribution is 5.64. The van der Waals surface area contributed by atoms with Crippen LogP contribution in [0.3, 0.4) is 0 Å². The van der Waals surface area contributed by atoms with E-state index in [-0.39, 0.29) is 11.3 Å². The monoisotopic (exact) mass is 454 g/mol. The molecule has 0 saturated carbocycles. The average molecular weight is 454 g/mol. The summed E-state index contributed by atoms with van der Waals surface area (Å²) in [5, 5.41) is 16.9. The Morgan fingerprint density at radius 3 is 2.45 bits per heavy atom. The summed E-state index contributed by atoms with van der Waals surface area (Å²) in [5.74, 6) is 0.480. The highest BCUT2D eigenvalue weighted by Crippen LogP contribution is 2.37. The third kappa shape index (κ3) is 5.27. The maximum Gasteiger partial charge on any atom is 0.417 e. The number of piperidine rings is 1. The molecule has 8 heteroatoms. The van der Waals surface area contributed by atoms with Crippen molar-refractivity contribution in [2.24, 2.45) is 0 Å². The molecule has 4 rings (SSSR count). The van der Waals surface area contributed by atoms with E-state index in [9.17, 15) is 18.4 Å². The van der Waals surface area contributed by atoms with Crippen molar-refractivity contribution in [1.29, 1.82) is 5.26 Å². The second-order valence-electron chi connectivity index (χ2n) is 8.30. The first-order valence-corrected chi connectivity index (χ1v) is 10.9. The van der Waals surface area contributed by atoms with Gasteiger partial charge in [0.05, 0.1) is 23.6 Å². The zero-order chi connectivity index (χ0) is 23.3. The molecule has 1 aromatic heterocycles. The summed E-state index contributed by atoms with van der Waals surface area (Å²) in [5.41, 5.74) is 0.108. The molecule has 1 aliphatic rings. The Kier molecular flexibility index (Phi) is 6.82. The first kappa shape index (κ1) is 23.0. The number of aromatic nitrogens is 1. The fourth-order valence-electron chi connectivity index (χ4n) is 4.31. The molecule has 5 nitrogen and oxygen atoms in total. The van der Waals surface area contributed by atoms with Crippen LogP contribution in [-0.4, -0.2) is 36.2 Å². The van der Waals surface area contributed by atoms with Crippen molar-refractivity contribution in [3.05, 3.63) is 77.6 Å². The van der Waals surface area contributed by atoms with Gasteiger partial charge in [-0.2, -0.15) is 18.4 Å². The molecule has 2 aromatic carbocycles. The molecule has 172 valence electrons. The predicted molar refractivity (Wildman–Crippen MR) is 118 cm³/mol. The number of halogens is 3. The van der Waals surface area contributed by atoms with E-state index in [1.54, 1.807) is 12.1 Å². The molecule has 1 saturated heterocycles. The molecule has 0 unspecified atom stereocenters. The van der Waals surface area contributed by atoms with Gasteiger partial charge in [-0.25, -0.2) is 0 Å². The number of nitrogens with one attached hydrogen (secondary N) is 1. The van der Waals surface area contributed by atoms with E-state index in [4.69, 9.17) is 4.52 Å². The van der Waals surface area contributed by atoms with Crippen molar-refractivity contribution in [3.8, 4) is 17.3 Å². The summed E-state index contributed by atoms with van der Waals surface area (Å²) in [6, 6.07) is 19.4. The Bertz CT molecular complexity index is 1100. The molecular weight excluding hydrogens is 429 g/mol. The van der Waals surface area contributed by atoms with Gasteiger partial charge < -0.3 is 14.7 Å². The molecule has 0 spiro atoms. The molecular formula is C25H25F3N4O. The maximum absolute atomic E-state index is 13.2. The lowest BCUT2D eigenvalue weighted by atomic mass is 9.74. The van der Waals surface area contributed by atoms with Gasteiger partial charge in [0.25, 0.3) is 0 Å². The second-order valence-corrected chi connectivity index (χ2v) is 8.30. The van der Waals surface area contributed by atoms with Crippen LogP contribution >= 0.6 is 0 Å². The Hall–Kier alpha value is -3.15. The summed E-state index contributed by atoms with van der Waals surface area (Å²) >= 11 is 0. The van der Waals surface area contributed by atoms with Crippen molar-refractivity contribution in [2.45, 2.75) is 31.0 Å². The molecule has 0 radical (unpaired) electrons. The number of benzene rings is 2. The van der Waals surface area contributed by atoms with Gasteiger partial charge in [-0.1, -0.05) is 53.7 Å². The lowest BCUT2D eigenvalue weighted by Gasteiger charge is -2.37. The first-order valence-electron chi connectivity index (χ1n) is 10.9. The van der Waals surface area contributed by atoms with Crippen LogP contribution in [0.4, 0.5) is 13.2 Å². The standard InChI is InChI=1S/C25H25F3N4O/c26-25(27,28)22-9-5-4-8-21(22)23-16-20(33-31-23)17-30-12-15-32-13-10-24(18-29,11-14-32)19-6-2-1-3-7-19/h1-9,16,30H,10-15,17H2. The highest BCUT2D eigenvalue weighted by Gasteiger charge is 2.36. The van der Waals surface area contributed by atoms with E-state index in [0.29, 0.717) is 18.8 Å². The highest BCUT2D eigenvalue weighted by atomic mass is 19.4. The van der Waals surface area contributed by atoms with E-state index in [1.165, 1.54) is 12.1 Å². The predicted octanol–water partition coefficient (Wildman–Crippen LogP) is 5.01. The number of alkyl halides is 3. The molecule has 2 heterocycles. The fraction of sp³-hybridized carbons (Fsp3) is 0.360. The van der Waals surface area contributed by atoms with Crippen LogP contribution in [-0.2, 0) is 18.1 Å². The number of nitriles is 1. The van der Waals surface area contributed by atoms with Gasteiger partial charge in [-0.3, -0.25) is 0 Å². The van der Waals surface area contributed by atoms with Crippen LogP contribution < -0.4 is 5.32 Å². The third-order valence-electron chi connectivity index (χ3n) is 6.22. The van der Waals surface area contributed by atoms with Crippen molar-refractivity contribution in [2.75, 3.05) is 26.2 Å². The van der Waals surface area contributed by atoms with Gasteiger partial charge in [0.1, 0.15) is 5.69 Å². The minimum atomic E-state index is -4.45. The van der Waals surface area contributed by atoms with Crippen LogP contribution in [0, 0.1) is 11.3 Å². The molecule has 1 fully saturated rings. The number of likely N-dealkylation sites (tertiary alicyclic amines) is 1. The zero-order valence-corrected chi connectivity index (χ0v) is 18.1. The summed E-state index contributed by atoms with van der Waals surface area (Å²) in [6.07, 6.45) is -2.87. The third-order valence-corrected chi connectivity index (χ3v) is 6.22. The summed E-state index contributed by atoms with van der Waals surface area (Å²) in [6.45, 7) is 3.56. The summed E-state index contributed by atoms with van der Waals surface area (Å²) in [4.78, 5) is 2.32. The number of nitrogens with zero attached hydrogens (tertiary/aromatic N) is 3. The Morgan fingerprint density at radius 1 is 1.06 bits per heavy atom. The molecule has 1 aliphatic heterocycles. The average Bonchev–Trinajstić information content (AvgIpc) is 3.31. The van der Waals surface area contributed by atoms with Crippen LogP contribution in [0.2, 0.25) is 0 Å². The maximum atomic E-state index is 13.2. The van der Waals surface area contributed by atoms with Crippen LogP contribution in [0.5, 0.6) is 0 Å². The Labute approximate surface area is 190 Å². The SMILES string of the molecule is N#CC1(c2ccccc2)CCN(CCNCc2cc(-c3ccccc3C(F)(F)F)no2)CC1. The first-order chi connectivity index (χ1) is 15.9. The van der Waals surface area contributed by atoms with Gasteiger partial charge in [0.2, 0.25) is 0 Å². The van der Waals surface area contributed by atoms with Crippen molar-refractivity contribution in [1.82, 2.24) is 15.4 Å². The molecule has 0 aliphatic carbocycles. The van der Waals surface area contributed by atoms with E-state index >= 15 is 0 Å². The molecule has 3 aromatic rings. The van der Waals surface area contributed by atoms with E-state index in [0.717, 1.165) is 44.1 Å². The van der Waals surface area contributed by atoms with Crippen LogP contribution in [0.25, 0.3) is 11.3 Å². The number of hydrogen-bond acceptors (Lipinski definition) is 5. The van der Waals surface area contributed by atoms with E-state index < -0.39 is 17.2 Å².